The third kappa shape index (κ3) is 2.27. The molecule has 0 fully saturated rings. The minimum Gasteiger partial charge on any atom is -0.228 e. The first-order valence-corrected chi connectivity index (χ1v) is 6.94. The molecule has 0 atom stereocenters. The number of hydrogen-bond acceptors (Lipinski definition) is 2. The summed E-state index contributed by atoms with van der Waals surface area (Å²) in [6, 6.07) is 12.3. The second-order valence-corrected chi connectivity index (χ2v) is 5.54. The first kappa shape index (κ1) is 13.1. The maximum Gasteiger partial charge on any atom is 0.161 e. The topological polar surface area (TPSA) is 25.8 Å². The summed E-state index contributed by atoms with van der Waals surface area (Å²) in [5.74, 6) is 0.679. The van der Waals surface area contributed by atoms with E-state index in [1.165, 1.54) is 11.1 Å². The Bertz CT molecular complexity index is 809. The Morgan fingerprint density at radius 1 is 0.900 bits per heavy atom. The lowest BCUT2D eigenvalue weighted by Gasteiger charge is -2.08. The van der Waals surface area contributed by atoms with E-state index in [4.69, 9.17) is 16.6 Å². The van der Waals surface area contributed by atoms with Crippen molar-refractivity contribution in [1.82, 2.24) is 9.97 Å². The monoisotopic (exact) mass is 282 g/mol. The Balaban J connectivity index is 2.29. The van der Waals surface area contributed by atoms with Crippen molar-refractivity contribution >= 4 is 22.5 Å². The van der Waals surface area contributed by atoms with Crippen molar-refractivity contribution in [1.29, 1.82) is 0 Å². The summed E-state index contributed by atoms with van der Waals surface area (Å²) in [7, 11) is 0. The maximum atomic E-state index is 6.34. The Labute approximate surface area is 123 Å². The molecule has 0 bridgehead atoms. The van der Waals surface area contributed by atoms with Gasteiger partial charge >= 0.3 is 0 Å². The molecular weight excluding hydrogens is 268 g/mol. The zero-order valence-corrected chi connectivity index (χ0v) is 12.5. The molecule has 3 aromatic rings. The van der Waals surface area contributed by atoms with Gasteiger partial charge in [0.2, 0.25) is 0 Å². The van der Waals surface area contributed by atoms with Crippen molar-refractivity contribution in [2.75, 3.05) is 0 Å². The minimum absolute atomic E-state index is 0.512. The molecule has 0 aliphatic carbocycles. The van der Waals surface area contributed by atoms with E-state index in [2.05, 4.69) is 44.0 Å². The molecule has 0 amide bonds. The van der Waals surface area contributed by atoms with Crippen LogP contribution in [0, 0.1) is 20.8 Å². The van der Waals surface area contributed by atoms with Crippen LogP contribution in [0.2, 0.25) is 5.15 Å². The number of aromatic nitrogens is 2. The number of nitrogens with zero attached hydrogens (tertiary/aromatic N) is 2. The molecule has 0 N–H and O–H groups in total. The smallest absolute Gasteiger partial charge is 0.161 e. The predicted molar refractivity (Wildman–Crippen MR) is 84.2 cm³/mol. The second kappa shape index (κ2) is 4.88. The number of aryl methyl sites for hydroxylation is 3. The zero-order chi connectivity index (χ0) is 14.3. The fraction of sp³-hybridized carbons (Fsp3) is 0.176. The van der Waals surface area contributed by atoms with Gasteiger partial charge in [-0.1, -0.05) is 47.0 Å². The highest BCUT2D eigenvalue weighted by molar-refractivity contribution is 6.34. The number of rotatable bonds is 1. The van der Waals surface area contributed by atoms with Gasteiger partial charge < -0.3 is 0 Å². The summed E-state index contributed by atoms with van der Waals surface area (Å²) in [6.45, 7) is 6.16. The Kier molecular flexibility index (Phi) is 3.19. The van der Waals surface area contributed by atoms with Gasteiger partial charge in [-0.2, -0.15) is 0 Å². The normalized spacial score (nSPS) is 11.0. The molecule has 0 aliphatic rings. The molecule has 0 aliphatic heterocycles. The van der Waals surface area contributed by atoms with E-state index in [-0.39, 0.29) is 0 Å². The van der Waals surface area contributed by atoms with Gasteiger partial charge in [-0.05, 0) is 38.5 Å². The fourth-order valence-electron chi connectivity index (χ4n) is 2.46. The van der Waals surface area contributed by atoms with Crippen LogP contribution in [0.3, 0.4) is 0 Å². The Morgan fingerprint density at radius 2 is 1.70 bits per heavy atom. The van der Waals surface area contributed by atoms with Crippen molar-refractivity contribution in [3.8, 4) is 11.4 Å². The Morgan fingerprint density at radius 3 is 2.45 bits per heavy atom. The van der Waals surface area contributed by atoms with Gasteiger partial charge in [0, 0.05) is 10.9 Å². The molecule has 1 heterocycles. The first-order valence-electron chi connectivity index (χ1n) is 6.56. The van der Waals surface area contributed by atoms with Crippen LogP contribution >= 0.6 is 11.6 Å². The minimum atomic E-state index is 0.512. The van der Waals surface area contributed by atoms with E-state index < -0.39 is 0 Å². The van der Waals surface area contributed by atoms with Gasteiger partial charge in [0.05, 0.1) is 5.52 Å². The summed E-state index contributed by atoms with van der Waals surface area (Å²) in [6.07, 6.45) is 0. The summed E-state index contributed by atoms with van der Waals surface area (Å²) < 4.78 is 0. The Hall–Kier alpha value is -1.93. The second-order valence-electron chi connectivity index (χ2n) is 5.19. The lowest BCUT2D eigenvalue weighted by molar-refractivity contribution is 1.21. The van der Waals surface area contributed by atoms with E-state index >= 15 is 0 Å². The standard InChI is InChI=1S/C17H15ClN2/c1-10-5-4-6-13(8-10)17-19-15-12(3)7-11(2)9-14(15)16(18)20-17/h4-9H,1-3H3. The van der Waals surface area contributed by atoms with Crippen molar-refractivity contribution in [2.24, 2.45) is 0 Å². The lowest BCUT2D eigenvalue weighted by atomic mass is 10.1. The van der Waals surface area contributed by atoms with Crippen LogP contribution < -0.4 is 0 Å². The van der Waals surface area contributed by atoms with E-state index in [0.29, 0.717) is 11.0 Å². The van der Waals surface area contributed by atoms with Gasteiger partial charge in [-0.15, -0.1) is 0 Å². The van der Waals surface area contributed by atoms with Gasteiger partial charge in [0.15, 0.2) is 5.82 Å². The van der Waals surface area contributed by atoms with Crippen LogP contribution in [-0.4, -0.2) is 9.97 Å². The maximum absolute atomic E-state index is 6.34. The van der Waals surface area contributed by atoms with Crippen molar-refractivity contribution < 1.29 is 0 Å². The molecule has 2 nitrogen and oxygen atoms in total. The zero-order valence-electron chi connectivity index (χ0n) is 11.7. The molecule has 0 radical (unpaired) electrons. The van der Waals surface area contributed by atoms with Crippen LogP contribution in [0.5, 0.6) is 0 Å². The SMILES string of the molecule is Cc1cccc(-c2nc(Cl)c3cc(C)cc(C)c3n2)c1. The van der Waals surface area contributed by atoms with E-state index in [9.17, 15) is 0 Å². The van der Waals surface area contributed by atoms with Crippen LogP contribution in [-0.2, 0) is 0 Å². The number of benzene rings is 2. The molecule has 0 saturated carbocycles. The van der Waals surface area contributed by atoms with E-state index in [1.807, 2.05) is 18.2 Å². The molecule has 3 heteroatoms. The highest BCUT2D eigenvalue weighted by Gasteiger charge is 2.10. The van der Waals surface area contributed by atoms with Gasteiger partial charge in [-0.25, -0.2) is 9.97 Å². The molecule has 0 unspecified atom stereocenters. The highest BCUT2D eigenvalue weighted by atomic mass is 35.5. The number of fused-ring (bicyclic) bond motifs is 1. The lowest BCUT2D eigenvalue weighted by Crippen LogP contribution is -1.94. The van der Waals surface area contributed by atoms with Gasteiger partial charge in [0.1, 0.15) is 5.15 Å². The van der Waals surface area contributed by atoms with E-state index in [0.717, 1.165) is 22.0 Å². The van der Waals surface area contributed by atoms with Crippen LogP contribution in [0.15, 0.2) is 36.4 Å². The van der Waals surface area contributed by atoms with Crippen molar-refractivity contribution in [3.63, 3.8) is 0 Å². The summed E-state index contributed by atoms with van der Waals surface area (Å²) in [5.41, 5.74) is 5.39. The predicted octanol–water partition coefficient (Wildman–Crippen LogP) is 4.88. The molecule has 1 aromatic heterocycles. The number of hydrogen-bond donors (Lipinski definition) is 0. The summed E-state index contributed by atoms with van der Waals surface area (Å²) >= 11 is 6.34. The average molecular weight is 283 g/mol. The number of halogens is 1. The first-order chi connectivity index (χ1) is 9.54. The molecule has 100 valence electrons. The average Bonchev–Trinajstić information content (AvgIpc) is 2.39. The van der Waals surface area contributed by atoms with Crippen LogP contribution in [0.1, 0.15) is 16.7 Å². The van der Waals surface area contributed by atoms with Gasteiger partial charge in [0.25, 0.3) is 0 Å². The van der Waals surface area contributed by atoms with Crippen LogP contribution in [0.4, 0.5) is 0 Å². The molecule has 0 saturated heterocycles. The van der Waals surface area contributed by atoms with E-state index in [1.54, 1.807) is 0 Å². The van der Waals surface area contributed by atoms with Crippen LogP contribution in [0.25, 0.3) is 22.3 Å². The molecule has 2 aromatic carbocycles. The largest absolute Gasteiger partial charge is 0.228 e. The van der Waals surface area contributed by atoms with Gasteiger partial charge in [-0.3, -0.25) is 0 Å². The summed E-state index contributed by atoms with van der Waals surface area (Å²) in [4.78, 5) is 9.14. The van der Waals surface area contributed by atoms with Crippen molar-refractivity contribution in [3.05, 3.63) is 58.2 Å². The third-order valence-electron chi connectivity index (χ3n) is 3.37. The third-order valence-corrected chi connectivity index (χ3v) is 3.65. The summed E-state index contributed by atoms with van der Waals surface area (Å²) in [5, 5.41) is 1.43. The highest BCUT2D eigenvalue weighted by Crippen LogP contribution is 2.28. The molecule has 0 spiro atoms. The molecule has 3 rings (SSSR count). The fourth-order valence-corrected chi connectivity index (χ4v) is 2.69. The quantitative estimate of drug-likeness (QED) is 0.595. The molecule has 20 heavy (non-hydrogen) atoms. The molecular formula is C17H15ClN2. The van der Waals surface area contributed by atoms with Crippen molar-refractivity contribution in [2.45, 2.75) is 20.8 Å².